The third-order valence-electron chi connectivity index (χ3n) is 3.58. The minimum atomic E-state index is 0. The van der Waals surface area contributed by atoms with Gasteiger partial charge < -0.3 is 10.3 Å². The van der Waals surface area contributed by atoms with Crippen molar-refractivity contribution in [2.75, 3.05) is 6.54 Å². The molecular weight excluding hydrogens is 276 g/mol. The summed E-state index contributed by atoms with van der Waals surface area (Å²) >= 11 is 0. The topological polar surface area (TPSA) is 68.2 Å². The number of aromatic nitrogens is 2. The molecular formula is C14H19ClN4O. The Balaban J connectivity index is 0.00000147. The maximum atomic E-state index is 5.48. The Bertz CT molecular complexity index is 531. The first-order chi connectivity index (χ1) is 9.36. The Labute approximate surface area is 124 Å². The van der Waals surface area contributed by atoms with Crippen molar-refractivity contribution in [2.45, 2.75) is 32.0 Å². The number of benzene rings is 1. The van der Waals surface area contributed by atoms with E-state index >= 15 is 0 Å². The average Bonchev–Trinajstić information content (AvgIpc) is 3.09. The zero-order valence-electron chi connectivity index (χ0n) is 11.2. The van der Waals surface area contributed by atoms with E-state index in [2.05, 4.69) is 45.4 Å². The molecule has 1 fully saturated rings. The summed E-state index contributed by atoms with van der Waals surface area (Å²) < 4.78 is 5.05. The van der Waals surface area contributed by atoms with E-state index < -0.39 is 0 Å². The molecule has 108 valence electrons. The van der Waals surface area contributed by atoms with Gasteiger partial charge in [0.15, 0.2) is 5.82 Å². The molecule has 1 aromatic carbocycles. The Morgan fingerprint density at radius 2 is 2.10 bits per heavy atom. The van der Waals surface area contributed by atoms with Crippen LogP contribution in [-0.2, 0) is 13.1 Å². The van der Waals surface area contributed by atoms with Crippen LogP contribution in [0.4, 0.5) is 0 Å². The van der Waals surface area contributed by atoms with E-state index in [1.165, 1.54) is 18.4 Å². The first kappa shape index (κ1) is 15.0. The van der Waals surface area contributed by atoms with Crippen LogP contribution in [0.3, 0.4) is 0 Å². The van der Waals surface area contributed by atoms with Gasteiger partial charge in [-0.3, -0.25) is 4.90 Å². The third-order valence-corrected chi connectivity index (χ3v) is 3.58. The smallest absolute Gasteiger partial charge is 0.240 e. The molecule has 1 aliphatic heterocycles. The van der Waals surface area contributed by atoms with Crippen molar-refractivity contribution in [2.24, 2.45) is 5.73 Å². The Morgan fingerprint density at radius 1 is 1.30 bits per heavy atom. The highest BCUT2D eigenvalue weighted by Crippen LogP contribution is 2.32. The summed E-state index contributed by atoms with van der Waals surface area (Å²) in [5.74, 6) is 1.23. The lowest BCUT2D eigenvalue weighted by molar-refractivity contribution is 0.238. The lowest BCUT2D eigenvalue weighted by atomic mass is 10.0. The van der Waals surface area contributed by atoms with E-state index in [-0.39, 0.29) is 12.4 Å². The van der Waals surface area contributed by atoms with Crippen LogP contribution in [0.2, 0.25) is 0 Å². The summed E-state index contributed by atoms with van der Waals surface area (Å²) in [6, 6.07) is 11.1. The van der Waals surface area contributed by atoms with Crippen LogP contribution in [-0.4, -0.2) is 21.6 Å². The van der Waals surface area contributed by atoms with Crippen molar-refractivity contribution in [3.8, 4) is 0 Å². The highest BCUT2D eigenvalue weighted by Gasteiger charge is 2.26. The molecule has 20 heavy (non-hydrogen) atoms. The van der Waals surface area contributed by atoms with Gasteiger partial charge in [-0.25, -0.2) is 0 Å². The van der Waals surface area contributed by atoms with Crippen LogP contribution < -0.4 is 5.73 Å². The van der Waals surface area contributed by atoms with Crippen molar-refractivity contribution in [3.05, 3.63) is 47.6 Å². The van der Waals surface area contributed by atoms with Crippen molar-refractivity contribution >= 4 is 12.4 Å². The van der Waals surface area contributed by atoms with Gasteiger partial charge in [-0.15, -0.1) is 12.4 Å². The zero-order chi connectivity index (χ0) is 13.1. The number of likely N-dealkylation sites (tertiary alicyclic amines) is 1. The minimum Gasteiger partial charge on any atom is -0.338 e. The van der Waals surface area contributed by atoms with Crippen molar-refractivity contribution in [3.63, 3.8) is 0 Å². The fourth-order valence-corrected chi connectivity index (χ4v) is 2.69. The van der Waals surface area contributed by atoms with E-state index in [1.807, 2.05) is 0 Å². The van der Waals surface area contributed by atoms with E-state index in [1.54, 1.807) is 0 Å². The molecule has 1 saturated heterocycles. The molecule has 2 N–H and O–H groups in total. The molecule has 0 aliphatic carbocycles. The van der Waals surface area contributed by atoms with E-state index in [0.717, 1.165) is 18.9 Å². The standard InChI is InChI=1S/C14H18N4O.ClH/c15-9-14-16-13(17-19-14)10-18-8-4-7-12(18)11-5-2-1-3-6-11;/h1-3,5-6,12H,4,7-10,15H2;1H. The summed E-state index contributed by atoms with van der Waals surface area (Å²) in [5, 5.41) is 3.97. The summed E-state index contributed by atoms with van der Waals surface area (Å²) in [6.07, 6.45) is 2.40. The number of nitrogens with zero attached hydrogens (tertiary/aromatic N) is 3. The van der Waals surface area contributed by atoms with Crippen molar-refractivity contribution in [1.29, 1.82) is 0 Å². The molecule has 1 unspecified atom stereocenters. The van der Waals surface area contributed by atoms with Crippen molar-refractivity contribution in [1.82, 2.24) is 15.0 Å². The Hall–Kier alpha value is -1.43. The second-order valence-corrected chi connectivity index (χ2v) is 4.85. The predicted molar refractivity (Wildman–Crippen MR) is 78.3 cm³/mol. The van der Waals surface area contributed by atoms with Crippen LogP contribution in [0.5, 0.6) is 0 Å². The van der Waals surface area contributed by atoms with Gasteiger partial charge in [-0.05, 0) is 24.9 Å². The van der Waals surface area contributed by atoms with Crippen LogP contribution in [0.1, 0.15) is 36.2 Å². The normalized spacial score (nSPS) is 18.9. The third kappa shape index (κ3) is 3.17. The fraction of sp³-hybridized carbons (Fsp3) is 0.429. The molecule has 2 heterocycles. The van der Waals surface area contributed by atoms with Gasteiger partial charge in [0, 0.05) is 6.04 Å². The summed E-state index contributed by atoms with van der Waals surface area (Å²) in [7, 11) is 0. The first-order valence-electron chi connectivity index (χ1n) is 6.67. The van der Waals surface area contributed by atoms with Crippen LogP contribution in [0, 0.1) is 0 Å². The van der Waals surface area contributed by atoms with Gasteiger partial charge in [0.2, 0.25) is 5.89 Å². The average molecular weight is 295 g/mol. The Kier molecular flexibility index (Phi) is 5.11. The molecule has 3 rings (SSSR count). The molecule has 0 radical (unpaired) electrons. The quantitative estimate of drug-likeness (QED) is 0.937. The molecule has 0 amide bonds. The van der Waals surface area contributed by atoms with Crippen LogP contribution in [0.15, 0.2) is 34.9 Å². The summed E-state index contributed by atoms with van der Waals surface area (Å²) in [4.78, 5) is 6.68. The second kappa shape index (κ2) is 6.83. The lowest BCUT2D eigenvalue weighted by Gasteiger charge is -2.23. The molecule has 6 heteroatoms. The number of nitrogens with two attached hydrogens (primary N) is 1. The molecule has 0 saturated carbocycles. The number of halogens is 1. The first-order valence-corrected chi connectivity index (χ1v) is 6.67. The van der Waals surface area contributed by atoms with Gasteiger partial charge in [0.05, 0.1) is 13.1 Å². The Morgan fingerprint density at radius 3 is 2.80 bits per heavy atom. The number of hydrogen-bond acceptors (Lipinski definition) is 5. The monoisotopic (exact) mass is 294 g/mol. The fourth-order valence-electron chi connectivity index (χ4n) is 2.69. The lowest BCUT2D eigenvalue weighted by Crippen LogP contribution is -2.23. The number of hydrogen-bond donors (Lipinski definition) is 1. The maximum Gasteiger partial charge on any atom is 0.240 e. The van der Waals surface area contributed by atoms with Gasteiger partial charge >= 0.3 is 0 Å². The largest absolute Gasteiger partial charge is 0.338 e. The molecule has 2 aromatic rings. The minimum absolute atomic E-state index is 0. The molecule has 1 aromatic heterocycles. The second-order valence-electron chi connectivity index (χ2n) is 4.85. The highest BCUT2D eigenvalue weighted by molar-refractivity contribution is 5.85. The molecule has 0 spiro atoms. The number of rotatable bonds is 4. The zero-order valence-corrected chi connectivity index (χ0v) is 12.1. The van der Waals surface area contributed by atoms with Gasteiger partial charge in [0.25, 0.3) is 0 Å². The summed E-state index contributed by atoms with van der Waals surface area (Å²) in [5.41, 5.74) is 6.84. The van der Waals surface area contributed by atoms with Gasteiger partial charge in [-0.1, -0.05) is 35.5 Å². The molecule has 5 nitrogen and oxygen atoms in total. The summed E-state index contributed by atoms with van der Waals surface area (Å²) in [6.45, 7) is 2.10. The van der Waals surface area contributed by atoms with Crippen LogP contribution in [0.25, 0.3) is 0 Å². The van der Waals surface area contributed by atoms with E-state index in [4.69, 9.17) is 10.3 Å². The molecule has 0 bridgehead atoms. The highest BCUT2D eigenvalue weighted by atomic mass is 35.5. The van der Waals surface area contributed by atoms with E-state index in [0.29, 0.717) is 18.5 Å². The van der Waals surface area contributed by atoms with E-state index in [9.17, 15) is 0 Å². The van der Waals surface area contributed by atoms with Gasteiger partial charge in [-0.2, -0.15) is 4.98 Å². The molecule has 1 aliphatic rings. The maximum absolute atomic E-state index is 5.48. The predicted octanol–water partition coefficient (Wildman–Crippen LogP) is 2.29. The SMILES string of the molecule is Cl.NCc1nc(CN2CCCC2c2ccccc2)no1. The molecule has 1 atom stereocenters. The van der Waals surface area contributed by atoms with Crippen molar-refractivity contribution < 1.29 is 4.52 Å². The van der Waals surface area contributed by atoms with Gasteiger partial charge in [0.1, 0.15) is 0 Å². The van der Waals surface area contributed by atoms with Crippen LogP contribution >= 0.6 is 12.4 Å².